The highest BCUT2D eigenvalue weighted by molar-refractivity contribution is 5.71. The van der Waals surface area contributed by atoms with Crippen LogP contribution in [0.1, 0.15) is 310 Å². The van der Waals surface area contributed by atoms with E-state index >= 15 is 0 Å². The molecule has 0 aliphatic carbocycles. The number of hydrogen-bond donors (Lipinski definition) is 0. The molecule has 0 aliphatic heterocycles. The maximum Gasteiger partial charge on any atom is 0.306 e. The Balaban J connectivity index is 4.31. The molecule has 0 N–H and O–H groups in total. The topological polar surface area (TPSA) is 78.9 Å². The van der Waals surface area contributed by atoms with E-state index in [4.69, 9.17) is 14.2 Å². The Morgan fingerprint density at radius 3 is 0.775 bits per heavy atom. The van der Waals surface area contributed by atoms with Gasteiger partial charge in [0.05, 0.1) is 0 Å². The summed E-state index contributed by atoms with van der Waals surface area (Å²) in [6.07, 6.45) is 93.5. The molecule has 0 fully saturated rings. The second kappa shape index (κ2) is 67.3. The molecule has 0 amide bonds. The Morgan fingerprint density at radius 2 is 0.487 bits per heavy atom. The molecule has 1 atom stereocenters. The highest BCUT2D eigenvalue weighted by atomic mass is 16.6. The van der Waals surface area contributed by atoms with E-state index in [-0.39, 0.29) is 31.1 Å². The van der Waals surface area contributed by atoms with E-state index in [9.17, 15) is 14.4 Å². The number of esters is 3. The fraction of sp³-hybridized carbons (Fsp3) is 0.689. The standard InChI is InChI=1S/C74H124O6/c1-4-7-10-13-16-19-22-25-27-29-31-32-33-34-35-36-37-38-39-40-41-42-43-45-46-49-52-55-58-61-64-67-73(76)79-70-71(69-78-72(75)66-63-60-57-54-51-48-24-21-18-15-12-9-6-3)80-74(77)68-65-62-59-56-53-50-47-44-30-28-26-23-20-17-14-11-8-5-2/h7,10,16,19-21,23-25,27-28,30-32,34-35,37-38,40-41,71H,4-6,8-9,11-15,17-18,22,26,29,33,36,39,42-70H2,1-3H3/b10-7-,19-16-,23-20-,24-21-,27-25-,30-28-,32-31-,35-34-,38-37-,41-40-. The number of ether oxygens (including phenoxy) is 3. The van der Waals surface area contributed by atoms with Crippen molar-refractivity contribution in [2.75, 3.05) is 13.2 Å². The Morgan fingerprint density at radius 1 is 0.263 bits per heavy atom. The van der Waals surface area contributed by atoms with Crippen LogP contribution >= 0.6 is 0 Å². The average Bonchev–Trinajstić information content (AvgIpc) is 3.46. The molecule has 0 radical (unpaired) electrons. The van der Waals surface area contributed by atoms with Gasteiger partial charge in [0.25, 0.3) is 0 Å². The molecule has 0 aliphatic rings. The van der Waals surface area contributed by atoms with E-state index in [0.29, 0.717) is 19.3 Å². The summed E-state index contributed by atoms with van der Waals surface area (Å²) in [5.74, 6) is -0.903. The lowest BCUT2D eigenvalue weighted by molar-refractivity contribution is -0.167. The number of hydrogen-bond acceptors (Lipinski definition) is 6. The zero-order valence-electron chi connectivity index (χ0n) is 52.3. The zero-order chi connectivity index (χ0) is 57.8. The minimum Gasteiger partial charge on any atom is -0.462 e. The second-order valence-electron chi connectivity index (χ2n) is 22.0. The molecule has 0 aromatic rings. The first-order chi connectivity index (χ1) is 39.5. The Kier molecular flexibility index (Phi) is 63.8. The van der Waals surface area contributed by atoms with E-state index in [0.717, 1.165) is 128 Å². The van der Waals surface area contributed by atoms with Crippen molar-refractivity contribution in [3.05, 3.63) is 122 Å². The van der Waals surface area contributed by atoms with Crippen LogP contribution in [0.4, 0.5) is 0 Å². The van der Waals surface area contributed by atoms with Crippen molar-refractivity contribution in [3.63, 3.8) is 0 Å². The number of allylic oxidation sites excluding steroid dienone is 20. The number of unbranched alkanes of at least 4 members (excludes halogenated alkanes) is 29. The van der Waals surface area contributed by atoms with Gasteiger partial charge >= 0.3 is 17.9 Å². The third-order valence-electron chi connectivity index (χ3n) is 14.2. The molecule has 0 heterocycles. The predicted molar refractivity (Wildman–Crippen MR) is 348 cm³/mol. The van der Waals surface area contributed by atoms with Crippen LogP contribution in [0.3, 0.4) is 0 Å². The van der Waals surface area contributed by atoms with Gasteiger partial charge in [0.2, 0.25) is 0 Å². The molecule has 0 rings (SSSR count). The maximum absolute atomic E-state index is 12.9. The number of carbonyl (C=O) groups excluding carboxylic acids is 3. The van der Waals surface area contributed by atoms with Gasteiger partial charge < -0.3 is 14.2 Å². The smallest absolute Gasteiger partial charge is 0.306 e. The van der Waals surface area contributed by atoms with Crippen molar-refractivity contribution in [1.82, 2.24) is 0 Å². The van der Waals surface area contributed by atoms with Crippen LogP contribution in [0.15, 0.2) is 122 Å². The predicted octanol–water partition coefficient (Wildman–Crippen LogP) is 23.2. The summed E-state index contributed by atoms with van der Waals surface area (Å²) in [7, 11) is 0. The highest BCUT2D eigenvalue weighted by Crippen LogP contribution is 2.15. The molecule has 0 saturated heterocycles. The summed E-state index contributed by atoms with van der Waals surface area (Å²) in [5.41, 5.74) is 0. The first-order valence-electron chi connectivity index (χ1n) is 33.5. The van der Waals surface area contributed by atoms with Crippen molar-refractivity contribution in [1.29, 1.82) is 0 Å². The van der Waals surface area contributed by atoms with Gasteiger partial charge in [0.1, 0.15) is 13.2 Å². The SMILES string of the molecule is CC/C=C\C/C=C\C/C=C\C/C=C\C/C=C\C/C=C\C/C=C\CCCCCCCCCCCC(=O)OCC(COC(=O)CCCCCCC/C=C\CCCCCC)OC(=O)CCCCCCCCC/C=C\C/C=C\CCCCCC. The molecule has 0 bridgehead atoms. The first-order valence-corrected chi connectivity index (χ1v) is 33.5. The van der Waals surface area contributed by atoms with Crippen LogP contribution in [-0.4, -0.2) is 37.2 Å². The molecule has 0 aromatic carbocycles. The second-order valence-corrected chi connectivity index (χ2v) is 22.0. The average molecular weight is 1110 g/mol. The molecular weight excluding hydrogens is 985 g/mol. The van der Waals surface area contributed by atoms with Gasteiger partial charge in [-0.1, -0.05) is 277 Å². The van der Waals surface area contributed by atoms with Gasteiger partial charge in [0.15, 0.2) is 6.10 Å². The number of carbonyl (C=O) groups is 3. The van der Waals surface area contributed by atoms with Crippen molar-refractivity contribution in [2.45, 2.75) is 316 Å². The van der Waals surface area contributed by atoms with Crippen molar-refractivity contribution in [2.24, 2.45) is 0 Å². The Hall–Kier alpha value is -4.19. The summed E-state index contributed by atoms with van der Waals surface area (Å²) < 4.78 is 16.9. The Bertz CT molecular complexity index is 1650. The van der Waals surface area contributed by atoms with Crippen LogP contribution in [0, 0.1) is 0 Å². The molecular formula is C74H124O6. The molecule has 456 valence electrons. The normalized spacial score (nSPS) is 12.9. The summed E-state index contributed by atoms with van der Waals surface area (Å²) >= 11 is 0. The minimum absolute atomic E-state index is 0.0879. The number of rotatable bonds is 60. The van der Waals surface area contributed by atoms with Gasteiger partial charge in [0, 0.05) is 19.3 Å². The lowest BCUT2D eigenvalue weighted by atomic mass is 10.1. The molecule has 80 heavy (non-hydrogen) atoms. The van der Waals surface area contributed by atoms with Gasteiger partial charge in [-0.05, 0) is 135 Å². The lowest BCUT2D eigenvalue weighted by Crippen LogP contribution is -2.30. The Labute approximate surface area is 494 Å². The first kappa shape index (κ1) is 75.8. The van der Waals surface area contributed by atoms with Gasteiger partial charge in [-0.25, -0.2) is 0 Å². The van der Waals surface area contributed by atoms with E-state index in [1.165, 1.54) is 141 Å². The molecule has 0 aromatic heterocycles. The van der Waals surface area contributed by atoms with E-state index < -0.39 is 6.10 Å². The summed E-state index contributed by atoms with van der Waals surface area (Å²) in [4.78, 5) is 38.3. The summed E-state index contributed by atoms with van der Waals surface area (Å²) in [5, 5.41) is 0. The molecule has 1 unspecified atom stereocenters. The van der Waals surface area contributed by atoms with Crippen LogP contribution in [0.2, 0.25) is 0 Å². The molecule has 0 saturated carbocycles. The fourth-order valence-corrected chi connectivity index (χ4v) is 9.15. The molecule has 6 heteroatoms. The highest BCUT2D eigenvalue weighted by Gasteiger charge is 2.19. The molecule has 0 spiro atoms. The van der Waals surface area contributed by atoms with Crippen LogP contribution in [0.25, 0.3) is 0 Å². The van der Waals surface area contributed by atoms with Crippen molar-refractivity contribution >= 4 is 17.9 Å². The van der Waals surface area contributed by atoms with Crippen LogP contribution in [-0.2, 0) is 28.6 Å². The van der Waals surface area contributed by atoms with E-state index in [1.54, 1.807) is 0 Å². The lowest BCUT2D eigenvalue weighted by Gasteiger charge is -2.18. The fourth-order valence-electron chi connectivity index (χ4n) is 9.15. The minimum atomic E-state index is -0.792. The van der Waals surface area contributed by atoms with Crippen molar-refractivity contribution in [3.8, 4) is 0 Å². The summed E-state index contributed by atoms with van der Waals surface area (Å²) in [6.45, 7) is 6.49. The maximum atomic E-state index is 12.9. The monoisotopic (exact) mass is 1110 g/mol. The van der Waals surface area contributed by atoms with Crippen LogP contribution < -0.4 is 0 Å². The molecule has 6 nitrogen and oxygen atoms in total. The van der Waals surface area contributed by atoms with E-state index in [1.807, 2.05) is 0 Å². The van der Waals surface area contributed by atoms with Crippen molar-refractivity contribution < 1.29 is 28.6 Å². The zero-order valence-corrected chi connectivity index (χ0v) is 52.3. The third-order valence-corrected chi connectivity index (χ3v) is 14.2. The van der Waals surface area contributed by atoms with E-state index in [2.05, 4.69) is 142 Å². The van der Waals surface area contributed by atoms with Gasteiger partial charge in [-0.2, -0.15) is 0 Å². The van der Waals surface area contributed by atoms with Crippen LogP contribution in [0.5, 0.6) is 0 Å². The third kappa shape index (κ3) is 64.6. The quantitative estimate of drug-likeness (QED) is 0.0261. The van der Waals surface area contributed by atoms with Gasteiger partial charge in [-0.15, -0.1) is 0 Å². The largest absolute Gasteiger partial charge is 0.462 e. The summed E-state index contributed by atoms with van der Waals surface area (Å²) in [6, 6.07) is 0. The van der Waals surface area contributed by atoms with Gasteiger partial charge in [-0.3, -0.25) is 14.4 Å².